The number of rotatable bonds is 5. The van der Waals surface area contributed by atoms with Crippen LogP contribution in [0.5, 0.6) is 11.5 Å². The van der Waals surface area contributed by atoms with Crippen LogP contribution in [0.1, 0.15) is 11.1 Å². The molecule has 0 aliphatic rings. The van der Waals surface area contributed by atoms with Crippen molar-refractivity contribution in [2.75, 3.05) is 7.11 Å². The van der Waals surface area contributed by atoms with Crippen LogP contribution in [0, 0.1) is 0 Å². The lowest BCUT2D eigenvalue weighted by Crippen LogP contribution is -2.13. The lowest BCUT2D eigenvalue weighted by molar-refractivity contribution is 0.303. The Morgan fingerprint density at radius 3 is 2.80 bits per heavy atom. The number of methoxy groups -OCH3 is 1. The van der Waals surface area contributed by atoms with Crippen molar-refractivity contribution in [3.05, 3.63) is 53.9 Å². The van der Waals surface area contributed by atoms with Crippen LogP contribution in [0.4, 0.5) is 0 Å². The van der Waals surface area contributed by atoms with Crippen LogP contribution >= 0.6 is 0 Å². The van der Waals surface area contributed by atoms with E-state index in [2.05, 4.69) is 10.1 Å². The van der Waals surface area contributed by atoms with Gasteiger partial charge < -0.3 is 20.4 Å². The van der Waals surface area contributed by atoms with E-state index >= 15 is 0 Å². The van der Waals surface area contributed by atoms with Crippen molar-refractivity contribution in [1.29, 1.82) is 0 Å². The van der Waals surface area contributed by atoms with Gasteiger partial charge in [-0.15, -0.1) is 0 Å². The number of ether oxygens (including phenoxy) is 2. The molecule has 0 radical (unpaired) electrons. The molecule has 0 fully saturated rings. The van der Waals surface area contributed by atoms with Gasteiger partial charge in [0.05, 0.1) is 7.11 Å². The second kappa shape index (κ2) is 6.42. The van der Waals surface area contributed by atoms with Crippen LogP contribution in [0.15, 0.2) is 47.9 Å². The van der Waals surface area contributed by atoms with Crippen molar-refractivity contribution in [2.45, 2.75) is 6.61 Å². The fourth-order valence-corrected chi connectivity index (χ4v) is 1.63. The van der Waals surface area contributed by atoms with Gasteiger partial charge in [0, 0.05) is 29.6 Å². The van der Waals surface area contributed by atoms with E-state index in [1.54, 1.807) is 30.6 Å². The summed E-state index contributed by atoms with van der Waals surface area (Å²) in [6.07, 6.45) is 3.43. The smallest absolute Gasteiger partial charge is 0.170 e. The van der Waals surface area contributed by atoms with Crippen LogP contribution in [0.3, 0.4) is 0 Å². The zero-order valence-corrected chi connectivity index (χ0v) is 11.0. The topological polar surface area (TPSA) is 90.0 Å². The summed E-state index contributed by atoms with van der Waals surface area (Å²) in [5, 5.41) is 11.7. The molecule has 1 aromatic carbocycles. The number of hydrogen-bond acceptors (Lipinski definition) is 5. The largest absolute Gasteiger partial charge is 0.497 e. The standard InChI is InChI=1S/C14H15N3O3/c1-19-12-5-11(14(15)17-18)6-13(7-12)20-9-10-3-2-4-16-8-10/h2-8,18H,9H2,1H3,(H2,15,17). The van der Waals surface area contributed by atoms with E-state index in [-0.39, 0.29) is 5.84 Å². The Bertz CT molecular complexity index is 600. The second-order valence-electron chi connectivity index (χ2n) is 4.03. The van der Waals surface area contributed by atoms with Crippen molar-refractivity contribution in [3.8, 4) is 11.5 Å². The molecule has 1 heterocycles. The first-order valence-corrected chi connectivity index (χ1v) is 5.91. The summed E-state index contributed by atoms with van der Waals surface area (Å²) in [5.74, 6) is 1.13. The normalized spacial score (nSPS) is 11.2. The Kier molecular flexibility index (Phi) is 4.39. The predicted octanol–water partition coefficient (Wildman–Crippen LogP) is 1.76. The third-order valence-electron chi connectivity index (χ3n) is 2.65. The monoisotopic (exact) mass is 273 g/mol. The zero-order valence-electron chi connectivity index (χ0n) is 11.0. The first kappa shape index (κ1) is 13.7. The third-order valence-corrected chi connectivity index (χ3v) is 2.65. The number of amidine groups is 1. The Labute approximate surface area is 116 Å². The molecule has 2 aromatic rings. The number of nitrogens with two attached hydrogens (primary N) is 1. The average Bonchev–Trinajstić information content (AvgIpc) is 2.52. The molecule has 0 saturated heterocycles. The Morgan fingerprint density at radius 2 is 2.15 bits per heavy atom. The second-order valence-corrected chi connectivity index (χ2v) is 4.03. The molecule has 104 valence electrons. The minimum Gasteiger partial charge on any atom is -0.497 e. The summed E-state index contributed by atoms with van der Waals surface area (Å²) >= 11 is 0. The van der Waals surface area contributed by atoms with Crippen molar-refractivity contribution >= 4 is 5.84 Å². The minimum absolute atomic E-state index is 0.00451. The average molecular weight is 273 g/mol. The molecule has 0 aliphatic heterocycles. The quantitative estimate of drug-likeness (QED) is 0.375. The van der Waals surface area contributed by atoms with E-state index in [0.717, 1.165) is 5.56 Å². The fraction of sp³-hybridized carbons (Fsp3) is 0.143. The molecule has 6 heteroatoms. The summed E-state index contributed by atoms with van der Waals surface area (Å²) in [4.78, 5) is 4.01. The van der Waals surface area contributed by atoms with Gasteiger partial charge in [-0.05, 0) is 18.2 Å². The van der Waals surface area contributed by atoms with Gasteiger partial charge in [0.15, 0.2) is 5.84 Å². The first-order chi connectivity index (χ1) is 9.72. The summed E-state index contributed by atoms with van der Waals surface area (Å²) in [7, 11) is 1.54. The van der Waals surface area contributed by atoms with E-state index in [9.17, 15) is 0 Å². The Balaban J connectivity index is 2.18. The zero-order chi connectivity index (χ0) is 14.4. The maximum Gasteiger partial charge on any atom is 0.170 e. The van der Waals surface area contributed by atoms with Gasteiger partial charge in [0.1, 0.15) is 18.1 Å². The van der Waals surface area contributed by atoms with E-state index in [1.807, 2.05) is 12.1 Å². The van der Waals surface area contributed by atoms with Crippen LogP contribution < -0.4 is 15.2 Å². The highest BCUT2D eigenvalue weighted by atomic mass is 16.5. The van der Waals surface area contributed by atoms with Crippen molar-refractivity contribution in [2.24, 2.45) is 10.9 Å². The highest BCUT2D eigenvalue weighted by Crippen LogP contribution is 2.23. The number of nitrogens with zero attached hydrogens (tertiary/aromatic N) is 2. The van der Waals surface area contributed by atoms with Gasteiger partial charge in [-0.3, -0.25) is 4.98 Å². The highest BCUT2D eigenvalue weighted by Gasteiger charge is 2.06. The molecule has 0 unspecified atom stereocenters. The van der Waals surface area contributed by atoms with Gasteiger partial charge >= 0.3 is 0 Å². The van der Waals surface area contributed by atoms with Gasteiger partial charge in [0.25, 0.3) is 0 Å². The first-order valence-electron chi connectivity index (χ1n) is 5.91. The number of hydrogen-bond donors (Lipinski definition) is 2. The van der Waals surface area contributed by atoms with Gasteiger partial charge in [-0.1, -0.05) is 11.2 Å². The van der Waals surface area contributed by atoms with E-state index in [1.165, 1.54) is 7.11 Å². The number of aromatic nitrogens is 1. The molecular weight excluding hydrogens is 258 g/mol. The maximum absolute atomic E-state index is 8.72. The molecule has 20 heavy (non-hydrogen) atoms. The minimum atomic E-state index is -0.00451. The van der Waals surface area contributed by atoms with E-state index in [4.69, 9.17) is 20.4 Å². The number of pyridine rings is 1. The molecule has 0 atom stereocenters. The van der Waals surface area contributed by atoms with Crippen LogP contribution in [0.25, 0.3) is 0 Å². The molecule has 0 aliphatic carbocycles. The van der Waals surface area contributed by atoms with Crippen molar-refractivity contribution < 1.29 is 14.7 Å². The molecule has 0 spiro atoms. The van der Waals surface area contributed by atoms with Crippen LogP contribution in [-0.2, 0) is 6.61 Å². The van der Waals surface area contributed by atoms with Crippen molar-refractivity contribution in [1.82, 2.24) is 4.98 Å². The maximum atomic E-state index is 8.72. The van der Waals surface area contributed by atoms with Crippen LogP contribution in [0.2, 0.25) is 0 Å². The molecule has 6 nitrogen and oxygen atoms in total. The van der Waals surface area contributed by atoms with Gasteiger partial charge in [-0.25, -0.2) is 0 Å². The van der Waals surface area contributed by atoms with Crippen LogP contribution in [-0.4, -0.2) is 23.1 Å². The van der Waals surface area contributed by atoms with Gasteiger partial charge in [-0.2, -0.15) is 0 Å². The summed E-state index contributed by atoms with van der Waals surface area (Å²) in [6, 6.07) is 8.81. The third kappa shape index (κ3) is 3.38. The molecule has 0 saturated carbocycles. The molecule has 3 N–H and O–H groups in total. The Hall–Kier alpha value is -2.76. The molecule has 0 bridgehead atoms. The molecule has 2 rings (SSSR count). The van der Waals surface area contributed by atoms with Gasteiger partial charge in [0.2, 0.25) is 0 Å². The lowest BCUT2D eigenvalue weighted by Gasteiger charge is -2.10. The molecule has 0 amide bonds. The summed E-state index contributed by atoms with van der Waals surface area (Å²) in [6.45, 7) is 0.372. The van der Waals surface area contributed by atoms with E-state index in [0.29, 0.717) is 23.7 Å². The Morgan fingerprint density at radius 1 is 1.35 bits per heavy atom. The fourth-order valence-electron chi connectivity index (χ4n) is 1.63. The number of benzene rings is 1. The highest BCUT2D eigenvalue weighted by molar-refractivity contribution is 5.97. The van der Waals surface area contributed by atoms with E-state index < -0.39 is 0 Å². The summed E-state index contributed by atoms with van der Waals surface area (Å²) in [5.41, 5.74) is 7.04. The lowest BCUT2D eigenvalue weighted by atomic mass is 10.2. The predicted molar refractivity (Wildman–Crippen MR) is 74.1 cm³/mol. The SMILES string of the molecule is COc1cc(OCc2cccnc2)cc(/C(N)=N/O)c1. The van der Waals surface area contributed by atoms with Crippen molar-refractivity contribution in [3.63, 3.8) is 0 Å². The summed E-state index contributed by atoms with van der Waals surface area (Å²) < 4.78 is 10.8. The molecule has 1 aromatic heterocycles. The molecular formula is C14H15N3O3. The number of oxime groups is 1.